The number of ether oxygens (including phenoxy) is 11. The molecule has 10 atom stereocenters. The lowest BCUT2D eigenvalue weighted by atomic mass is 9.97. The minimum Gasteiger partial charge on any atom is -0.456 e. The summed E-state index contributed by atoms with van der Waals surface area (Å²) in [5, 5.41) is 0. The van der Waals surface area contributed by atoms with Crippen LogP contribution in [-0.4, -0.2) is 122 Å². The summed E-state index contributed by atoms with van der Waals surface area (Å²) in [7, 11) is 0. The zero-order valence-electron chi connectivity index (χ0n) is 26.9. The molecule has 0 spiro atoms. The van der Waals surface area contributed by atoms with Crippen LogP contribution in [0.5, 0.6) is 0 Å². The van der Waals surface area contributed by atoms with Gasteiger partial charge in [0, 0.05) is 55.4 Å². The Bertz CT molecular complexity index is 1110. The number of esters is 8. The number of carbonyl (C=O) groups excluding carboxylic acids is 8. The van der Waals surface area contributed by atoms with Crippen LogP contribution in [0.4, 0.5) is 0 Å². The Morgan fingerprint density at radius 2 is 0.596 bits per heavy atom. The first kappa shape index (κ1) is 38.8. The van der Waals surface area contributed by atoms with Gasteiger partial charge in [-0.25, -0.2) is 0 Å². The van der Waals surface area contributed by atoms with Crippen molar-refractivity contribution in [2.45, 2.75) is 117 Å². The maximum Gasteiger partial charge on any atom is 0.305 e. The average molecular weight is 679 g/mol. The molecule has 0 aliphatic carbocycles. The molecule has 2 saturated heterocycles. The Hall–Kier alpha value is -4.36. The summed E-state index contributed by atoms with van der Waals surface area (Å²) >= 11 is 0. The summed E-state index contributed by atoms with van der Waals surface area (Å²) < 4.78 is 59.4. The highest BCUT2D eigenvalue weighted by molar-refractivity contribution is 5.70. The predicted molar refractivity (Wildman–Crippen MR) is 145 cm³/mol. The highest BCUT2D eigenvalue weighted by Crippen LogP contribution is 2.32. The predicted octanol–water partition coefficient (Wildman–Crippen LogP) is -0.831. The Kier molecular flexibility index (Phi) is 14.5. The van der Waals surface area contributed by atoms with E-state index in [-0.39, 0.29) is 0 Å². The second-order valence-electron chi connectivity index (χ2n) is 10.3. The first-order chi connectivity index (χ1) is 21.9. The molecule has 19 heteroatoms. The van der Waals surface area contributed by atoms with Gasteiger partial charge in [-0.05, 0) is 0 Å². The number of rotatable bonds is 12. The number of hydrogen-bond donors (Lipinski definition) is 0. The Morgan fingerprint density at radius 1 is 0.362 bits per heavy atom. The molecular weight excluding hydrogens is 640 g/mol. The van der Waals surface area contributed by atoms with Gasteiger partial charge in [-0.2, -0.15) is 0 Å². The Morgan fingerprint density at radius 3 is 0.851 bits per heavy atom. The molecule has 0 aromatic carbocycles. The van der Waals surface area contributed by atoms with Gasteiger partial charge in [0.1, 0.15) is 12.2 Å². The largest absolute Gasteiger partial charge is 0.456 e. The van der Waals surface area contributed by atoms with Crippen molar-refractivity contribution in [3.05, 3.63) is 0 Å². The molecule has 2 fully saturated rings. The van der Waals surface area contributed by atoms with Gasteiger partial charge >= 0.3 is 47.8 Å². The topological polar surface area (TPSA) is 238 Å². The van der Waals surface area contributed by atoms with E-state index in [0.717, 1.165) is 55.4 Å². The van der Waals surface area contributed by atoms with E-state index < -0.39 is 122 Å². The van der Waals surface area contributed by atoms with Gasteiger partial charge in [0.25, 0.3) is 0 Å². The van der Waals surface area contributed by atoms with Crippen LogP contribution < -0.4 is 0 Å². The van der Waals surface area contributed by atoms with Crippen LogP contribution in [0.2, 0.25) is 0 Å². The summed E-state index contributed by atoms with van der Waals surface area (Å²) in [6.07, 6.45) is -15.2. The van der Waals surface area contributed by atoms with Crippen LogP contribution in [0.15, 0.2) is 0 Å². The molecule has 0 unspecified atom stereocenters. The van der Waals surface area contributed by atoms with Crippen molar-refractivity contribution >= 4 is 47.8 Å². The van der Waals surface area contributed by atoms with Gasteiger partial charge in [-0.15, -0.1) is 0 Å². The van der Waals surface area contributed by atoms with Crippen molar-refractivity contribution in [2.24, 2.45) is 0 Å². The van der Waals surface area contributed by atoms with E-state index in [1.165, 1.54) is 0 Å². The molecule has 0 aromatic rings. The lowest BCUT2D eigenvalue weighted by Gasteiger charge is -2.45. The Labute approximate surface area is 268 Å². The van der Waals surface area contributed by atoms with Crippen LogP contribution in [0.1, 0.15) is 55.4 Å². The smallest absolute Gasteiger partial charge is 0.305 e. The molecule has 0 aromatic heterocycles. The van der Waals surface area contributed by atoms with E-state index in [9.17, 15) is 38.4 Å². The number of hydrogen-bond acceptors (Lipinski definition) is 19. The molecule has 0 amide bonds. The highest BCUT2D eigenvalue weighted by atomic mass is 16.8. The monoisotopic (exact) mass is 678 g/mol. The van der Waals surface area contributed by atoms with Crippen LogP contribution in [0.3, 0.4) is 0 Å². The van der Waals surface area contributed by atoms with Crippen LogP contribution in [-0.2, 0) is 90.5 Å². The maximum atomic E-state index is 12.1. The molecular formula is C28H38O19. The third kappa shape index (κ3) is 12.1. The van der Waals surface area contributed by atoms with Gasteiger partial charge in [0.15, 0.2) is 24.4 Å². The molecule has 0 radical (unpaired) electrons. The zero-order valence-corrected chi connectivity index (χ0v) is 26.9. The van der Waals surface area contributed by atoms with Crippen molar-refractivity contribution in [1.82, 2.24) is 0 Å². The van der Waals surface area contributed by atoms with Gasteiger partial charge in [0.05, 0.1) is 13.2 Å². The van der Waals surface area contributed by atoms with Crippen molar-refractivity contribution in [3.8, 4) is 0 Å². The Balaban J connectivity index is 2.45. The fraction of sp³-hybridized carbons (Fsp3) is 0.714. The minimum atomic E-state index is -1.66. The molecule has 2 heterocycles. The van der Waals surface area contributed by atoms with E-state index >= 15 is 0 Å². The standard InChI is InChI=1S/C28H38O19/c1-11(29)38-21-19(46-27(44-17(7)35)25(42-15(5)33)23(21)40-13(3)31)9-37-10-20-22(39-12(2)30)24(41-14(4)32)26(43-16(6)34)28(47-20)45-18(8)36/h19-28H,9-10H2,1-8H3/t19-,20-,21-,22-,23-,24-,25-,26-,27-,28-/m1/s1. The van der Waals surface area contributed by atoms with Crippen molar-refractivity contribution in [2.75, 3.05) is 13.2 Å². The van der Waals surface area contributed by atoms with E-state index in [0.29, 0.717) is 0 Å². The fourth-order valence-electron chi connectivity index (χ4n) is 4.80. The van der Waals surface area contributed by atoms with Crippen molar-refractivity contribution in [3.63, 3.8) is 0 Å². The number of carbonyl (C=O) groups is 8. The lowest BCUT2D eigenvalue weighted by molar-refractivity contribution is -0.310. The summed E-state index contributed by atoms with van der Waals surface area (Å²) in [5.74, 6) is -6.93. The zero-order chi connectivity index (χ0) is 35.6. The van der Waals surface area contributed by atoms with Gasteiger partial charge in [-0.3, -0.25) is 38.4 Å². The fourth-order valence-corrected chi connectivity index (χ4v) is 4.80. The average Bonchev–Trinajstić information content (AvgIpc) is 2.89. The summed E-state index contributed by atoms with van der Waals surface area (Å²) in [4.78, 5) is 95.6. The van der Waals surface area contributed by atoms with Crippen molar-refractivity contribution < 1.29 is 90.5 Å². The summed E-state index contributed by atoms with van der Waals surface area (Å²) in [6.45, 7) is 7.25. The maximum absolute atomic E-state index is 12.1. The van der Waals surface area contributed by atoms with E-state index in [2.05, 4.69) is 0 Å². The van der Waals surface area contributed by atoms with Crippen LogP contribution in [0.25, 0.3) is 0 Å². The van der Waals surface area contributed by atoms with Gasteiger partial charge < -0.3 is 52.1 Å². The second-order valence-corrected chi connectivity index (χ2v) is 10.3. The van der Waals surface area contributed by atoms with E-state index in [4.69, 9.17) is 52.1 Å². The lowest BCUT2D eigenvalue weighted by Crippen LogP contribution is -2.64. The SMILES string of the molecule is CC(=O)O[C@@H]1O[C@H](COC[C@H]2O[C@@H](OC(C)=O)[C@H](OC(C)=O)[C@H](OC(C)=O)[C@@H]2OC(C)=O)[C@@H](OC(C)=O)[C@@H](OC(C)=O)[C@H]1OC(C)=O. The third-order valence-electron chi connectivity index (χ3n) is 6.12. The quantitative estimate of drug-likeness (QED) is 0.181. The molecule has 264 valence electrons. The molecule has 0 N–H and O–H groups in total. The molecule has 2 aliphatic rings. The van der Waals surface area contributed by atoms with Crippen LogP contribution >= 0.6 is 0 Å². The van der Waals surface area contributed by atoms with Gasteiger partial charge in [-0.1, -0.05) is 0 Å². The molecule has 2 aliphatic heterocycles. The second kappa shape index (κ2) is 17.5. The first-order valence-corrected chi connectivity index (χ1v) is 14.2. The summed E-state index contributed by atoms with van der Waals surface area (Å²) in [6, 6.07) is 0. The summed E-state index contributed by atoms with van der Waals surface area (Å²) in [5.41, 5.74) is 0. The molecule has 0 bridgehead atoms. The first-order valence-electron chi connectivity index (χ1n) is 14.2. The molecule has 47 heavy (non-hydrogen) atoms. The van der Waals surface area contributed by atoms with E-state index in [1.807, 2.05) is 0 Å². The molecule has 19 nitrogen and oxygen atoms in total. The van der Waals surface area contributed by atoms with Crippen LogP contribution in [0, 0.1) is 0 Å². The minimum absolute atomic E-state index is 0.531. The van der Waals surface area contributed by atoms with E-state index in [1.54, 1.807) is 0 Å². The molecule has 0 saturated carbocycles. The van der Waals surface area contributed by atoms with Gasteiger partial charge in [0.2, 0.25) is 24.8 Å². The normalized spacial score (nSPS) is 30.0. The third-order valence-corrected chi connectivity index (χ3v) is 6.12. The highest BCUT2D eigenvalue weighted by Gasteiger charge is 2.55. The van der Waals surface area contributed by atoms with Crippen molar-refractivity contribution in [1.29, 1.82) is 0 Å². The molecule has 2 rings (SSSR count).